The van der Waals surface area contributed by atoms with Crippen LogP contribution in [-0.2, 0) is 11.8 Å². The number of carboxylic acid groups (broad SMARTS) is 1. The van der Waals surface area contributed by atoms with Gasteiger partial charge < -0.3 is 10.0 Å². The van der Waals surface area contributed by atoms with Gasteiger partial charge in [-0.25, -0.2) is 0 Å². The van der Waals surface area contributed by atoms with Crippen LogP contribution < -0.4 is 0 Å². The summed E-state index contributed by atoms with van der Waals surface area (Å²) in [5.41, 5.74) is -0.414. The third-order valence-corrected chi connectivity index (χ3v) is 3.98. The molecule has 20 heavy (non-hydrogen) atoms. The lowest BCUT2D eigenvalue weighted by atomic mass is 9.76. The van der Waals surface area contributed by atoms with Gasteiger partial charge in [0.25, 0.3) is 5.91 Å². The lowest BCUT2D eigenvalue weighted by Gasteiger charge is -2.39. The molecule has 1 atom stereocenters. The van der Waals surface area contributed by atoms with Crippen molar-refractivity contribution in [2.75, 3.05) is 13.1 Å². The van der Waals surface area contributed by atoms with Crippen molar-refractivity contribution in [3.05, 3.63) is 18.0 Å². The monoisotopic (exact) mass is 279 g/mol. The van der Waals surface area contributed by atoms with Gasteiger partial charge in [-0.1, -0.05) is 13.3 Å². The lowest BCUT2D eigenvalue weighted by molar-refractivity contribution is -0.152. The average molecular weight is 279 g/mol. The fourth-order valence-electron chi connectivity index (χ4n) is 2.96. The Morgan fingerprint density at radius 1 is 1.50 bits per heavy atom. The second-order valence-electron chi connectivity index (χ2n) is 5.54. The van der Waals surface area contributed by atoms with Gasteiger partial charge in [0.15, 0.2) is 0 Å². The van der Waals surface area contributed by atoms with E-state index in [9.17, 15) is 14.7 Å². The quantitative estimate of drug-likeness (QED) is 0.906. The van der Waals surface area contributed by atoms with Crippen LogP contribution in [0.3, 0.4) is 0 Å². The Morgan fingerprint density at radius 3 is 2.80 bits per heavy atom. The molecular weight excluding hydrogens is 258 g/mol. The largest absolute Gasteiger partial charge is 0.481 e. The van der Waals surface area contributed by atoms with Gasteiger partial charge in [-0.15, -0.1) is 0 Å². The van der Waals surface area contributed by atoms with E-state index < -0.39 is 11.4 Å². The first-order chi connectivity index (χ1) is 9.48. The van der Waals surface area contributed by atoms with Crippen LogP contribution >= 0.6 is 0 Å². The molecule has 1 fully saturated rings. The molecule has 1 aromatic rings. The number of rotatable bonds is 4. The number of carbonyl (C=O) groups is 2. The average Bonchev–Trinajstić information content (AvgIpc) is 2.85. The van der Waals surface area contributed by atoms with Gasteiger partial charge in [-0.3, -0.25) is 14.3 Å². The predicted octanol–water partition coefficient (Wildman–Crippen LogP) is 1.53. The molecule has 1 unspecified atom stereocenters. The number of nitrogens with zero attached hydrogens (tertiary/aromatic N) is 3. The topological polar surface area (TPSA) is 75.4 Å². The van der Waals surface area contributed by atoms with Gasteiger partial charge >= 0.3 is 5.97 Å². The Hall–Kier alpha value is -1.85. The smallest absolute Gasteiger partial charge is 0.311 e. The van der Waals surface area contributed by atoms with Crippen molar-refractivity contribution in [1.29, 1.82) is 0 Å². The molecule has 0 spiro atoms. The van der Waals surface area contributed by atoms with E-state index in [0.29, 0.717) is 25.1 Å². The number of aliphatic carboxylic acids is 1. The Kier molecular flexibility index (Phi) is 4.11. The number of piperidine rings is 1. The molecule has 0 bridgehead atoms. The van der Waals surface area contributed by atoms with Gasteiger partial charge in [0, 0.05) is 26.3 Å². The van der Waals surface area contributed by atoms with Gasteiger partial charge in [-0.05, 0) is 25.3 Å². The first-order valence-electron chi connectivity index (χ1n) is 7.01. The van der Waals surface area contributed by atoms with Gasteiger partial charge in [0.1, 0.15) is 5.69 Å². The summed E-state index contributed by atoms with van der Waals surface area (Å²) in [5, 5.41) is 13.6. The van der Waals surface area contributed by atoms with E-state index in [1.807, 2.05) is 6.92 Å². The number of amides is 1. The third kappa shape index (κ3) is 2.69. The number of likely N-dealkylation sites (tertiary alicyclic amines) is 1. The zero-order valence-electron chi connectivity index (χ0n) is 12.0. The molecule has 0 aromatic carbocycles. The van der Waals surface area contributed by atoms with Crippen molar-refractivity contribution in [1.82, 2.24) is 14.7 Å². The van der Waals surface area contributed by atoms with Crippen LogP contribution in [0.15, 0.2) is 12.3 Å². The molecule has 0 radical (unpaired) electrons. The van der Waals surface area contributed by atoms with Crippen molar-refractivity contribution in [2.24, 2.45) is 12.5 Å². The summed E-state index contributed by atoms with van der Waals surface area (Å²) in [6.45, 7) is 2.87. The van der Waals surface area contributed by atoms with Crippen molar-refractivity contribution < 1.29 is 14.7 Å². The zero-order chi connectivity index (χ0) is 14.8. The van der Waals surface area contributed by atoms with Crippen LogP contribution in [0.5, 0.6) is 0 Å². The van der Waals surface area contributed by atoms with E-state index in [1.165, 1.54) is 0 Å². The molecule has 6 nitrogen and oxygen atoms in total. The molecule has 2 heterocycles. The maximum atomic E-state index is 12.4. The minimum absolute atomic E-state index is 0.174. The molecule has 110 valence electrons. The van der Waals surface area contributed by atoms with E-state index in [4.69, 9.17) is 0 Å². The first-order valence-corrected chi connectivity index (χ1v) is 7.01. The molecule has 6 heteroatoms. The Bertz CT molecular complexity index is 508. The molecule has 1 N–H and O–H groups in total. The summed E-state index contributed by atoms with van der Waals surface area (Å²) in [7, 11) is 1.76. The van der Waals surface area contributed by atoms with E-state index in [-0.39, 0.29) is 12.5 Å². The Morgan fingerprint density at radius 2 is 2.25 bits per heavy atom. The summed E-state index contributed by atoms with van der Waals surface area (Å²) in [6.07, 6.45) is 4.49. The molecular formula is C14H21N3O3. The summed E-state index contributed by atoms with van der Waals surface area (Å²) >= 11 is 0. The minimum Gasteiger partial charge on any atom is -0.481 e. The van der Waals surface area contributed by atoms with E-state index >= 15 is 0 Å². The zero-order valence-corrected chi connectivity index (χ0v) is 12.0. The molecule has 1 aliphatic heterocycles. The number of aryl methyl sites for hydroxylation is 1. The maximum Gasteiger partial charge on any atom is 0.311 e. The summed E-state index contributed by atoms with van der Waals surface area (Å²) < 4.78 is 1.58. The highest BCUT2D eigenvalue weighted by Crippen LogP contribution is 2.35. The first kappa shape index (κ1) is 14.6. The molecule has 1 aliphatic rings. The number of aromatic nitrogens is 2. The van der Waals surface area contributed by atoms with Crippen molar-refractivity contribution >= 4 is 11.9 Å². The van der Waals surface area contributed by atoms with Crippen LogP contribution in [0, 0.1) is 5.41 Å². The van der Waals surface area contributed by atoms with Gasteiger partial charge in [-0.2, -0.15) is 5.10 Å². The summed E-state index contributed by atoms with van der Waals surface area (Å²) in [6, 6.07) is 1.67. The third-order valence-electron chi connectivity index (χ3n) is 3.98. The second kappa shape index (κ2) is 5.64. The van der Waals surface area contributed by atoms with Crippen molar-refractivity contribution in [3.8, 4) is 0 Å². The van der Waals surface area contributed by atoms with E-state index in [2.05, 4.69) is 5.10 Å². The Balaban J connectivity index is 2.17. The number of hydrogen-bond donors (Lipinski definition) is 1. The number of carbonyl (C=O) groups excluding carboxylic acids is 1. The van der Waals surface area contributed by atoms with Gasteiger partial charge in [0.2, 0.25) is 0 Å². The maximum absolute atomic E-state index is 12.4. The summed E-state index contributed by atoms with van der Waals surface area (Å²) in [4.78, 5) is 25.6. The lowest BCUT2D eigenvalue weighted by Crippen LogP contribution is -2.50. The van der Waals surface area contributed by atoms with Crippen LogP contribution in [0.4, 0.5) is 0 Å². The molecule has 1 saturated heterocycles. The van der Waals surface area contributed by atoms with Crippen LogP contribution in [0.2, 0.25) is 0 Å². The normalized spacial score (nSPS) is 22.8. The standard InChI is InChI=1S/C14H21N3O3/c1-3-6-14(13(19)20)7-4-8-17(10-14)12(18)11-5-9-16(2)15-11/h5,9H,3-4,6-8,10H2,1-2H3,(H,19,20). The molecule has 1 amide bonds. The Labute approximate surface area is 118 Å². The fourth-order valence-corrected chi connectivity index (χ4v) is 2.96. The molecule has 2 rings (SSSR count). The van der Waals surface area contributed by atoms with Crippen LogP contribution in [0.1, 0.15) is 43.1 Å². The highest BCUT2D eigenvalue weighted by Gasteiger charge is 2.43. The van der Waals surface area contributed by atoms with E-state index in [0.717, 1.165) is 12.8 Å². The highest BCUT2D eigenvalue weighted by atomic mass is 16.4. The van der Waals surface area contributed by atoms with Crippen LogP contribution in [0.25, 0.3) is 0 Å². The number of hydrogen-bond acceptors (Lipinski definition) is 3. The van der Waals surface area contributed by atoms with Crippen molar-refractivity contribution in [2.45, 2.75) is 32.6 Å². The van der Waals surface area contributed by atoms with E-state index in [1.54, 1.807) is 28.9 Å². The predicted molar refractivity (Wildman–Crippen MR) is 73.3 cm³/mol. The van der Waals surface area contributed by atoms with Crippen molar-refractivity contribution in [3.63, 3.8) is 0 Å². The SMILES string of the molecule is CCCC1(C(=O)O)CCCN(C(=O)c2ccn(C)n2)C1. The molecule has 1 aromatic heterocycles. The molecule has 0 saturated carbocycles. The molecule has 0 aliphatic carbocycles. The second-order valence-corrected chi connectivity index (χ2v) is 5.54. The highest BCUT2D eigenvalue weighted by molar-refractivity contribution is 5.92. The summed E-state index contributed by atoms with van der Waals surface area (Å²) in [5.74, 6) is -0.968. The van der Waals surface area contributed by atoms with Crippen LogP contribution in [-0.4, -0.2) is 44.8 Å². The fraction of sp³-hybridized carbons (Fsp3) is 0.643. The minimum atomic E-state index is -0.794. The number of carboxylic acids is 1. The van der Waals surface area contributed by atoms with Gasteiger partial charge in [0.05, 0.1) is 5.41 Å².